The molecular formula is C13H15NOS. The van der Waals surface area contributed by atoms with Gasteiger partial charge in [0.1, 0.15) is 0 Å². The largest absolute Gasteiger partial charge is 0.392 e. The molecule has 1 heterocycles. The summed E-state index contributed by atoms with van der Waals surface area (Å²) >= 11 is 1.70. The summed E-state index contributed by atoms with van der Waals surface area (Å²) < 4.78 is 0. The summed E-state index contributed by atoms with van der Waals surface area (Å²) in [5.74, 6) is 0.482. The lowest BCUT2D eigenvalue weighted by Gasteiger charge is -1.99. The number of aliphatic hydroxyl groups excluding tert-OH is 1. The monoisotopic (exact) mass is 233 g/mol. The van der Waals surface area contributed by atoms with Gasteiger partial charge in [0.05, 0.1) is 17.3 Å². The van der Waals surface area contributed by atoms with Gasteiger partial charge in [0.2, 0.25) is 0 Å². The molecule has 0 fully saturated rings. The molecule has 16 heavy (non-hydrogen) atoms. The number of hydrogen-bond acceptors (Lipinski definition) is 3. The highest BCUT2D eigenvalue weighted by atomic mass is 32.1. The zero-order chi connectivity index (χ0) is 11.5. The Morgan fingerprint density at radius 1 is 1.25 bits per heavy atom. The van der Waals surface area contributed by atoms with Crippen molar-refractivity contribution in [2.24, 2.45) is 0 Å². The van der Waals surface area contributed by atoms with Crippen LogP contribution in [0, 0.1) is 0 Å². The predicted octanol–water partition coefficient (Wildman–Crippen LogP) is 3.43. The number of rotatable bonds is 3. The standard InChI is InChI=1S/C13H15NOS/c1-9(2)13-14-12(8-16-13)11-5-3-10(7-15)4-6-11/h3-6,8-9,15H,7H2,1-2H3. The minimum absolute atomic E-state index is 0.0919. The van der Waals surface area contributed by atoms with E-state index in [1.165, 1.54) is 5.01 Å². The number of hydrogen-bond donors (Lipinski definition) is 1. The van der Waals surface area contributed by atoms with Gasteiger partial charge in [-0.1, -0.05) is 38.1 Å². The third-order valence-electron chi connectivity index (χ3n) is 2.45. The van der Waals surface area contributed by atoms with E-state index >= 15 is 0 Å². The van der Waals surface area contributed by atoms with Crippen molar-refractivity contribution in [1.82, 2.24) is 4.98 Å². The lowest BCUT2D eigenvalue weighted by molar-refractivity contribution is 0.282. The molecule has 0 unspecified atom stereocenters. The fourth-order valence-electron chi connectivity index (χ4n) is 1.47. The topological polar surface area (TPSA) is 33.1 Å². The molecule has 3 heteroatoms. The van der Waals surface area contributed by atoms with Crippen LogP contribution in [0.5, 0.6) is 0 Å². The molecule has 0 radical (unpaired) electrons. The lowest BCUT2D eigenvalue weighted by Crippen LogP contribution is -1.86. The molecule has 84 valence electrons. The summed E-state index contributed by atoms with van der Waals surface area (Å²) in [5.41, 5.74) is 3.07. The van der Waals surface area contributed by atoms with E-state index in [1.807, 2.05) is 24.3 Å². The fourth-order valence-corrected chi connectivity index (χ4v) is 2.31. The van der Waals surface area contributed by atoms with Crippen LogP contribution in [-0.4, -0.2) is 10.1 Å². The molecule has 0 aliphatic heterocycles. The fraction of sp³-hybridized carbons (Fsp3) is 0.308. The number of thiazole rings is 1. The van der Waals surface area contributed by atoms with Crippen molar-refractivity contribution in [3.05, 3.63) is 40.2 Å². The number of benzene rings is 1. The molecule has 1 aromatic heterocycles. The zero-order valence-electron chi connectivity index (χ0n) is 9.47. The number of nitrogens with zero attached hydrogens (tertiary/aromatic N) is 1. The van der Waals surface area contributed by atoms with Gasteiger partial charge in [-0.2, -0.15) is 0 Å². The Labute approximate surface area is 99.6 Å². The minimum Gasteiger partial charge on any atom is -0.392 e. The van der Waals surface area contributed by atoms with Crippen LogP contribution in [0.2, 0.25) is 0 Å². The zero-order valence-corrected chi connectivity index (χ0v) is 10.3. The van der Waals surface area contributed by atoms with Gasteiger partial charge in [-0.25, -0.2) is 4.98 Å². The van der Waals surface area contributed by atoms with E-state index < -0.39 is 0 Å². The average molecular weight is 233 g/mol. The Kier molecular flexibility index (Phi) is 3.36. The van der Waals surface area contributed by atoms with E-state index in [2.05, 4.69) is 24.2 Å². The van der Waals surface area contributed by atoms with Crippen molar-refractivity contribution in [2.75, 3.05) is 0 Å². The van der Waals surface area contributed by atoms with Crippen LogP contribution < -0.4 is 0 Å². The van der Waals surface area contributed by atoms with E-state index in [9.17, 15) is 0 Å². The van der Waals surface area contributed by atoms with Crippen molar-refractivity contribution in [3.8, 4) is 11.3 Å². The maximum atomic E-state index is 8.96. The highest BCUT2D eigenvalue weighted by molar-refractivity contribution is 7.10. The van der Waals surface area contributed by atoms with E-state index in [1.54, 1.807) is 11.3 Å². The van der Waals surface area contributed by atoms with Crippen molar-refractivity contribution in [3.63, 3.8) is 0 Å². The quantitative estimate of drug-likeness (QED) is 0.881. The van der Waals surface area contributed by atoms with E-state index in [0.717, 1.165) is 16.8 Å². The van der Waals surface area contributed by atoms with Crippen LogP contribution in [0.15, 0.2) is 29.6 Å². The molecule has 2 rings (SSSR count). The van der Waals surface area contributed by atoms with Gasteiger partial charge in [0.15, 0.2) is 0 Å². The molecule has 0 spiro atoms. The van der Waals surface area contributed by atoms with Crippen LogP contribution in [0.25, 0.3) is 11.3 Å². The van der Waals surface area contributed by atoms with E-state index in [4.69, 9.17) is 5.11 Å². The average Bonchev–Trinajstić information content (AvgIpc) is 2.78. The first-order chi connectivity index (χ1) is 7.70. The molecule has 0 amide bonds. The SMILES string of the molecule is CC(C)c1nc(-c2ccc(CO)cc2)cs1. The second-order valence-electron chi connectivity index (χ2n) is 4.08. The third kappa shape index (κ3) is 2.31. The summed E-state index contributed by atoms with van der Waals surface area (Å²) in [5, 5.41) is 12.2. The normalized spacial score (nSPS) is 11.0. The molecule has 2 nitrogen and oxygen atoms in total. The van der Waals surface area contributed by atoms with Crippen molar-refractivity contribution < 1.29 is 5.11 Å². The first kappa shape index (κ1) is 11.3. The van der Waals surface area contributed by atoms with Gasteiger partial charge in [0.25, 0.3) is 0 Å². The Balaban J connectivity index is 2.28. The lowest BCUT2D eigenvalue weighted by atomic mass is 10.1. The predicted molar refractivity (Wildman–Crippen MR) is 67.6 cm³/mol. The second kappa shape index (κ2) is 4.76. The molecule has 1 aromatic carbocycles. The number of aliphatic hydroxyl groups is 1. The smallest absolute Gasteiger partial charge is 0.0958 e. The molecular weight excluding hydrogens is 218 g/mol. The van der Waals surface area contributed by atoms with Gasteiger partial charge in [-0.3, -0.25) is 0 Å². The summed E-state index contributed by atoms with van der Waals surface area (Å²) in [4.78, 5) is 4.59. The Hall–Kier alpha value is -1.19. The van der Waals surface area contributed by atoms with Crippen LogP contribution in [0.1, 0.15) is 30.3 Å². The molecule has 0 aliphatic carbocycles. The number of aromatic nitrogens is 1. The minimum atomic E-state index is 0.0919. The van der Waals surface area contributed by atoms with Gasteiger partial charge in [-0.15, -0.1) is 11.3 Å². The van der Waals surface area contributed by atoms with Crippen LogP contribution in [0.3, 0.4) is 0 Å². The van der Waals surface area contributed by atoms with Crippen molar-refractivity contribution in [1.29, 1.82) is 0 Å². The van der Waals surface area contributed by atoms with Gasteiger partial charge in [0, 0.05) is 16.9 Å². The van der Waals surface area contributed by atoms with Crippen molar-refractivity contribution >= 4 is 11.3 Å². The first-order valence-corrected chi connectivity index (χ1v) is 6.24. The van der Waals surface area contributed by atoms with Gasteiger partial charge in [-0.05, 0) is 5.56 Å². The second-order valence-corrected chi connectivity index (χ2v) is 4.97. The Bertz CT molecular complexity index is 459. The summed E-state index contributed by atoms with van der Waals surface area (Å²) in [6.07, 6.45) is 0. The van der Waals surface area contributed by atoms with E-state index in [0.29, 0.717) is 5.92 Å². The summed E-state index contributed by atoms with van der Waals surface area (Å²) in [7, 11) is 0. The molecule has 0 saturated heterocycles. The summed E-state index contributed by atoms with van der Waals surface area (Å²) in [6, 6.07) is 7.88. The Morgan fingerprint density at radius 2 is 1.94 bits per heavy atom. The first-order valence-electron chi connectivity index (χ1n) is 5.36. The van der Waals surface area contributed by atoms with Crippen molar-refractivity contribution in [2.45, 2.75) is 26.4 Å². The molecule has 0 bridgehead atoms. The highest BCUT2D eigenvalue weighted by Gasteiger charge is 2.07. The van der Waals surface area contributed by atoms with Crippen LogP contribution >= 0.6 is 11.3 Å². The molecule has 0 atom stereocenters. The summed E-state index contributed by atoms with van der Waals surface area (Å²) in [6.45, 7) is 4.39. The molecule has 0 aliphatic rings. The highest BCUT2D eigenvalue weighted by Crippen LogP contribution is 2.26. The Morgan fingerprint density at radius 3 is 2.44 bits per heavy atom. The molecule has 1 N–H and O–H groups in total. The van der Waals surface area contributed by atoms with E-state index in [-0.39, 0.29) is 6.61 Å². The van der Waals surface area contributed by atoms with Crippen LogP contribution in [0.4, 0.5) is 0 Å². The van der Waals surface area contributed by atoms with Gasteiger partial charge >= 0.3 is 0 Å². The van der Waals surface area contributed by atoms with Crippen LogP contribution in [-0.2, 0) is 6.61 Å². The van der Waals surface area contributed by atoms with Gasteiger partial charge < -0.3 is 5.11 Å². The third-order valence-corrected chi connectivity index (χ3v) is 3.59. The maximum Gasteiger partial charge on any atom is 0.0958 e. The molecule has 2 aromatic rings. The molecule has 0 saturated carbocycles. The maximum absolute atomic E-state index is 8.96.